The van der Waals surface area contributed by atoms with Crippen LogP contribution < -0.4 is 0 Å². The molecule has 1 atom stereocenters. The molecule has 0 fully saturated rings. The van der Waals surface area contributed by atoms with Crippen LogP contribution >= 0.6 is 0 Å². The Hall–Kier alpha value is -1.10. The molecule has 16 heavy (non-hydrogen) atoms. The van der Waals surface area contributed by atoms with Gasteiger partial charge in [0.2, 0.25) is 0 Å². The van der Waals surface area contributed by atoms with Crippen LogP contribution in [0.25, 0.3) is 0 Å². The molecule has 0 spiro atoms. The lowest BCUT2D eigenvalue weighted by atomic mass is 9.99. The number of carbonyl (C=O) groups is 2. The number of nitrogens with zero attached hydrogens (tertiary/aromatic N) is 1. The summed E-state index contributed by atoms with van der Waals surface area (Å²) in [6, 6.07) is 0. The van der Waals surface area contributed by atoms with Crippen molar-refractivity contribution < 1.29 is 19.8 Å². The van der Waals surface area contributed by atoms with Gasteiger partial charge in [0.05, 0.1) is 5.92 Å². The van der Waals surface area contributed by atoms with Crippen LogP contribution in [0.15, 0.2) is 0 Å². The van der Waals surface area contributed by atoms with Crippen molar-refractivity contribution in [2.45, 2.75) is 33.1 Å². The second-order valence-electron chi connectivity index (χ2n) is 3.78. The monoisotopic (exact) mass is 231 g/mol. The zero-order valence-electron chi connectivity index (χ0n) is 9.98. The quantitative estimate of drug-likeness (QED) is 0.625. The summed E-state index contributed by atoms with van der Waals surface area (Å²) in [5, 5.41) is 17.4. The van der Waals surface area contributed by atoms with E-state index in [4.69, 9.17) is 10.2 Å². The van der Waals surface area contributed by atoms with Gasteiger partial charge in [-0.15, -0.1) is 0 Å². The molecule has 0 rings (SSSR count). The first kappa shape index (κ1) is 14.9. The van der Waals surface area contributed by atoms with Gasteiger partial charge in [-0.3, -0.25) is 9.59 Å². The topological polar surface area (TPSA) is 77.8 Å². The van der Waals surface area contributed by atoms with Gasteiger partial charge in [-0.1, -0.05) is 13.8 Å². The van der Waals surface area contributed by atoms with E-state index >= 15 is 0 Å². The average molecular weight is 231 g/mol. The first-order valence-corrected chi connectivity index (χ1v) is 5.68. The summed E-state index contributed by atoms with van der Waals surface area (Å²) in [4.78, 5) is 23.4. The molecule has 94 valence electrons. The minimum absolute atomic E-state index is 0.0742. The van der Waals surface area contributed by atoms with E-state index in [1.165, 1.54) is 0 Å². The highest BCUT2D eigenvalue weighted by Crippen LogP contribution is 2.12. The second-order valence-corrected chi connectivity index (χ2v) is 3.78. The molecule has 0 aliphatic carbocycles. The Morgan fingerprint density at radius 1 is 1.12 bits per heavy atom. The highest BCUT2D eigenvalue weighted by Gasteiger charge is 2.19. The average Bonchev–Trinajstić information content (AvgIpc) is 2.22. The van der Waals surface area contributed by atoms with Crippen LogP contribution in [-0.2, 0) is 9.59 Å². The molecule has 2 N–H and O–H groups in total. The molecule has 0 aromatic carbocycles. The molecule has 5 nitrogen and oxygen atoms in total. The zero-order chi connectivity index (χ0) is 12.6. The second kappa shape index (κ2) is 8.10. The van der Waals surface area contributed by atoms with Gasteiger partial charge < -0.3 is 15.1 Å². The summed E-state index contributed by atoms with van der Waals surface area (Å²) in [5.74, 6) is -2.38. The fourth-order valence-corrected chi connectivity index (χ4v) is 1.57. The lowest BCUT2D eigenvalue weighted by Crippen LogP contribution is -2.28. The van der Waals surface area contributed by atoms with Crippen LogP contribution in [0.4, 0.5) is 0 Å². The van der Waals surface area contributed by atoms with E-state index in [1.807, 2.05) is 13.8 Å². The molecule has 0 aliphatic heterocycles. The molecule has 1 unspecified atom stereocenters. The lowest BCUT2D eigenvalue weighted by Gasteiger charge is -2.20. The van der Waals surface area contributed by atoms with Gasteiger partial charge in [-0.2, -0.15) is 0 Å². The molecule has 0 radical (unpaired) electrons. The van der Waals surface area contributed by atoms with Crippen molar-refractivity contribution in [1.82, 2.24) is 4.90 Å². The van der Waals surface area contributed by atoms with Crippen LogP contribution in [0, 0.1) is 5.92 Å². The normalized spacial score (nSPS) is 12.7. The van der Waals surface area contributed by atoms with Crippen molar-refractivity contribution in [3.8, 4) is 0 Å². The molecule has 0 bridgehead atoms. The molecule has 0 aliphatic rings. The Bertz CT molecular complexity index is 226. The fraction of sp³-hybridized carbons (Fsp3) is 0.818. The van der Waals surface area contributed by atoms with E-state index < -0.39 is 17.9 Å². The summed E-state index contributed by atoms with van der Waals surface area (Å²) < 4.78 is 0. The van der Waals surface area contributed by atoms with E-state index in [0.29, 0.717) is 13.0 Å². The fourth-order valence-electron chi connectivity index (χ4n) is 1.57. The molecular weight excluding hydrogens is 210 g/mol. The van der Waals surface area contributed by atoms with Crippen LogP contribution in [0.2, 0.25) is 0 Å². The van der Waals surface area contributed by atoms with Crippen molar-refractivity contribution >= 4 is 11.9 Å². The maximum Gasteiger partial charge on any atom is 0.306 e. The minimum atomic E-state index is -0.936. The summed E-state index contributed by atoms with van der Waals surface area (Å²) in [6.07, 6.45) is 0.658. The third kappa shape index (κ3) is 6.40. The summed E-state index contributed by atoms with van der Waals surface area (Å²) in [7, 11) is 0. The van der Waals surface area contributed by atoms with Gasteiger partial charge in [0.25, 0.3) is 0 Å². The number of hydrogen-bond donors (Lipinski definition) is 2. The Morgan fingerprint density at radius 2 is 1.69 bits per heavy atom. The Balaban J connectivity index is 4.03. The Morgan fingerprint density at radius 3 is 2.06 bits per heavy atom. The van der Waals surface area contributed by atoms with Crippen molar-refractivity contribution in [3.05, 3.63) is 0 Å². The third-order valence-corrected chi connectivity index (χ3v) is 2.74. The van der Waals surface area contributed by atoms with Gasteiger partial charge in [0.15, 0.2) is 0 Å². The molecule has 0 aromatic rings. The Labute approximate surface area is 96.1 Å². The number of carboxylic acids is 2. The molecule has 0 aromatic heterocycles. The Kier molecular flexibility index (Phi) is 7.54. The molecule has 0 amide bonds. The van der Waals surface area contributed by atoms with Crippen LogP contribution in [-0.4, -0.2) is 46.7 Å². The number of hydrogen-bond acceptors (Lipinski definition) is 3. The smallest absolute Gasteiger partial charge is 0.306 e. The third-order valence-electron chi connectivity index (χ3n) is 2.74. The molecular formula is C11H21NO4. The van der Waals surface area contributed by atoms with Gasteiger partial charge in [0, 0.05) is 6.42 Å². The van der Waals surface area contributed by atoms with E-state index in [9.17, 15) is 9.59 Å². The van der Waals surface area contributed by atoms with Crippen molar-refractivity contribution in [2.24, 2.45) is 5.92 Å². The number of rotatable bonds is 9. The lowest BCUT2D eigenvalue weighted by molar-refractivity contribution is -0.143. The SMILES string of the molecule is CCN(CC)CCC(CCC(=O)O)C(=O)O. The number of carboxylic acid groups (broad SMARTS) is 2. The summed E-state index contributed by atoms with van der Waals surface area (Å²) in [6.45, 7) is 6.54. The summed E-state index contributed by atoms with van der Waals surface area (Å²) >= 11 is 0. The van der Waals surface area contributed by atoms with Gasteiger partial charge >= 0.3 is 11.9 Å². The largest absolute Gasteiger partial charge is 0.481 e. The van der Waals surface area contributed by atoms with Crippen LogP contribution in [0.5, 0.6) is 0 Å². The molecule has 5 heteroatoms. The van der Waals surface area contributed by atoms with E-state index in [1.54, 1.807) is 0 Å². The standard InChI is InChI=1S/C11H21NO4/c1-3-12(4-2)8-7-9(11(15)16)5-6-10(13)14/h9H,3-8H2,1-2H3,(H,13,14)(H,15,16). The van der Waals surface area contributed by atoms with E-state index in [-0.39, 0.29) is 12.8 Å². The molecule has 0 saturated carbocycles. The minimum Gasteiger partial charge on any atom is -0.481 e. The van der Waals surface area contributed by atoms with Gasteiger partial charge in [0.1, 0.15) is 0 Å². The van der Waals surface area contributed by atoms with Gasteiger partial charge in [-0.05, 0) is 32.5 Å². The van der Waals surface area contributed by atoms with Crippen LogP contribution in [0.1, 0.15) is 33.1 Å². The van der Waals surface area contributed by atoms with E-state index in [2.05, 4.69) is 4.90 Å². The zero-order valence-corrected chi connectivity index (χ0v) is 9.98. The maximum atomic E-state index is 10.9. The van der Waals surface area contributed by atoms with Crippen molar-refractivity contribution in [3.63, 3.8) is 0 Å². The number of aliphatic carboxylic acids is 2. The highest BCUT2D eigenvalue weighted by molar-refractivity contribution is 5.72. The molecule has 0 heterocycles. The molecule has 0 saturated heterocycles. The predicted molar refractivity (Wildman–Crippen MR) is 60.4 cm³/mol. The van der Waals surface area contributed by atoms with Crippen LogP contribution in [0.3, 0.4) is 0 Å². The first-order valence-electron chi connectivity index (χ1n) is 5.68. The maximum absolute atomic E-state index is 10.9. The van der Waals surface area contributed by atoms with Gasteiger partial charge in [-0.25, -0.2) is 0 Å². The highest BCUT2D eigenvalue weighted by atomic mass is 16.4. The summed E-state index contributed by atoms with van der Waals surface area (Å²) in [5.41, 5.74) is 0. The van der Waals surface area contributed by atoms with Crippen molar-refractivity contribution in [1.29, 1.82) is 0 Å². The van der Waals surface area contributed by atoms with Crippen molar-refractivity contribution in [2.75, 3.05) is 19.6 Å². The predicted octanol–water partition coefficient (Wildman–Crippen LogP) is 1.28. The van der Waals surface area contributed by atoms with E-state index in [0.717, 1.165) is 13.1 Å². The first-order chi connectivity index (χ1) is 7.51.